The summed E-state index contributed by atoms with van der Waals surface area (Å²) in [4.78, 5) is 36.1. The van der Waals surface area contributed by atoms with E-state index >= 15 is 0 Å². The van der Waals surface area contributed by atoms with Gasteiger partial charge in [0, 0.05) is 31.8 Å². The van der Waals surface area contributed by atoms with E-state index < -0.39 is 0 Å². The van der Waals surface area contributed by atoms with E-state index in [1.165, 1.54) is 5.01 Å². The Morgan fingerprint density at radius 1 is 1.15 bits per heavy atom. The average molecular weight is 358 g/mol. The Kier molecular flexibility index (Phi) is 6.49. The maximum Gasteiger partial charge on any atom is 0.267 e. The minimum absolute atomic E-state index is 0.0547. The zero-order valence-corrected chi connectivity index (χ0v) is 15.8. The van der Waals surface area contributed by atoms with Gasteiger partial charge in [-0.25, -0.2) is 5.01 Å². The predicted molar refractivity (Wildman–Crippen MR) is 101 cm³/mol. The highest BCUT2D eigenvalue weighted by atomic mass is 16.2. The summed E-state index contributed by atoms with van der Waals surface area (Å²) in [5, 5.41) is 11.1. The molecule has 0 bridgehead atoms. The van der Waals surface area contributed by atoms with Gasteiger partial charge in [0.2, 0.25) is 11.8 Å². The third-order valence-corrected chi connectivity index (χ3v) is 4.12. The van der Waals surface area contributed by atoms with E-state index in [-0.39, 0.29) is 30.1 Å². The summed E-state index contributed by atoms with van der Waals surface area (Å²) < 4.78 is 0. The van der Waals surface area contributed by atoms with E-state index in [1.807, 2.05) is 45.9 Å². The molecule has 0 unspecified atom stereocenters. The first-order chi connectivity index (χ1) is 12.3. The summed E-state index contributed by atoms with van der Waals surface area (Å²) in [6.45, 7) is 8.14. The van der Waals surface area contributed by atoms with Crippen molar-refractivity contribution < 1.29 is 14.4 Å². The van der Waals surface area contributed by atoms with Gasteiger partial charge in [-0.15, -0.1) is 0 Å². The lowest BCUT2D eigenvalue weighted by atomic mass is 10.1. The minimum atomic E-state index is -0.313. The third kappa shape index (κ3) is 4.91. The Hall–Kier alpha value is -2.70. The van der Waals surface area contributed by atoms with Crippen LogP contribution in [0.2, 0.25) is 0 Å². The van der Waals surface area contributed by atoms with Gasteiger partial charge >= 0.3 is 0 Å². The number of anilines is 1. The van der Waals surface area contributed by atoms with Crippen molar-refractivity contribution in [1.29, 1.82) is 0 Å². The third-order valence-electron chi connectivity index (χ3n) is 4.12. The lowest BCUT2D eigenvalue weighted by molar-refractivity contribution is -0.124. The number of benzene rings is 1. The maximum absolute atomic E-state index is 12.3. The summed E-state index contributed by atoms with van der Waals surface area (Å²) in [6, 6.07) is 5.79. The van der Waals surface area contributed by atoms with Crippen LogP contribution in [-0.2, 0) is 14.4 Å². The van der Waals surface area contributed by atoms with Crippen LogP contribution in [0.15, 0.2) is 23.3 Å². The summed E-state index contributed by atoms with van der Waals surface area (Å²) in [6.07, 6.45) is 0.550. The van der Waals surface area contributed by atoms with Crippen molar-refractivity contribution in [3.8, 4) is 0 Å². The molecule has 0 saturated carbocycles. The van der Waals surface area contributed by atoms with Crippen LogP contribution < -0.4 is 15.6 Å². The molecular weight excluding hydrogens is 332 g/mol. The van der Waals surface area contributed by atoms with Crippen molar-refractivity contribution in [3.63, 3.8) is 0 Å². The monoisotopic (exact) mass is 358 g/mol. The van der Waals surface area contributed by atoms with Crippen LogP contribution in [0, 0.1) is 19.8 Å². The van der Waals surface area contributed by atoms with Gasteiger partial charge < -0.3 is 10.6 Å². The van der Waals surface area contributed by atoms with Crippen LogP contribution in [0.4, 0.5) is 5.69 Å². The van der Waals surface area contributed by atoms with Crippen LogP contribution in [-0.4, -0.2) is 36.5 Å². The van der Waals surface area contributed by atoms with Gasteiger partial charge in [0.05, 0.1) is 5.69 Å². The lowest BCUT2D eigenvalue weighted by Gasteiger charge is -2.24. The van der Waals surface area contributed by atoms with Crippen LogP contribution >= 0.6 is 0 Å². The van der Waals surface area contributed by atoms with Crippen LogP contribution in [0.25, 0.3) is 0 Å². The Bertz CT molecular complexity index is 740. The Morgan fingerprint density at radius 2 is 1.85 bits per heavy atom. The molecule has 0 saturated heterocycles. The first-order valence-electron chi connectivity index (χ1n) is 8.83. The summed E-state index contributed by atoms with van der Waals surface area (Å²) in [7, 11) is 0. The number of aryl methyl sites for hydroxylation is 2. The molecule has 0 radical (unpaired) electrons. The molecule has 2 N–H and O–H groups in total. The fourth-order valence-electron chi connectivity index (χ4n) is 2.52. The van der Waals surface area contributed by atoms with Gasteiger partial charge in [0.1, 0.15) is 5.71 Å². The van der Waals surface area contributed by atoms with Crippen molar-refractivity contribution in [2.24, 2.45) is 11.0 Å². The van der Waals surface area contributed by atoms with Crippen molar-refractivity contribution in [2.45, 2.75) is 40.5 Å². The largest absolute Gasteiger partial charge is 0.354 e. The molecule has 1 aromatic carbocycles. The molecule has 0 spiro atoms. The molecule has 3 amide bonds. The van der Waals surface area contributed by atoms with Crippen LogP contribution in [0.5, 0.6) is 0 Å². The summed E-state index contributed by atoms with van der Waals surface area (Å²) >= 11 is 0. The highest BCUT2D eigenvalue weighted by Gasteiger charge is 2.26. The number of hydrogen-bond donors (Lipinski definition) is 2. The molecule has 140 valence electrons. The standard InChI is InChI=1S/C19H26N4O3/c1-12(2)18(25)20-9-10-21-19(26)15-7-8-17(24)23(22-15)16-11-13(3)5-6-14(16)4/h5-6,11-12H,7-10H2,1-4H3,(H,20,25)(H,21,26). The maximum atomic E-state index is 12.3. The Labute approximate surface area is 153 Å². The molecule has 0 aliphatic carbocycles. The molecular formula is C19H26N4O3. The van der Waals surface area contributed by atoms with Gasteiger partial charge in [0.15, 0.2) is 0 Å². The minimum Gasteiger partial charge on any atom is -0.354 e. The molecule has 0 atom stereocenters. The van der Waals surface area contributed by atoms with E-state index in [0.717, 1.165) is 11.1 Å². The lowest BCUT2D eigenvalue weighted by Crippen LogP contribution is -2.42. The second-order valence-electron chi connectivity index (χ2n) is 6.74. The average Bonchev–Trinajstić information content (AvgIpc) is 2.60. The van der Waals surface area contributed by atoms with Crippen molar-refractivity contribution in [1.82, 2.24) is 10.6 Å². The van der Waals surface area contributed by atoms with E-state index in [2.05, 4.69) is 15.7 Å². The fraction of sp³-hybridized carbons (Fsp3) is 0.474. The van der Waals surface area contributed by atoms with E-state index in [9.17, 15) is 14.4 Å². The second kappa shape index (κ2) is 8.60. The number of amides is 3. The van der Waals surface area contributed by atoms with Crippen LogP contribution in [0.1, 0.15) is 37.8 Å². The molecule has 7 nitrogen and oxygen atoms in total. The fourth-order valence-corrected chi connectivity index (χ4v) is 2.52. The van der Waals surface area contributed by atoms with Crippen molar-refractivity contribution in [2.75, 3.05) is 18.1 Å². The molecule has 7 heteroatoms. The number of nitrogens with one attached hydrogen (secondary N) is 2. The SMILES string of the molecule is Cc1ccc(C)c(N2N=C(C(=O)NCCNC(=O)C(C)C)CCC2=O)c1. The number of carbonyl (C=O) groups excluding carboxylic acids is 3. The Balaban J connectivity index is 2.02. The quantitative estimate of drug-likeness (QED) is 0.758. The Morgan fingerprint density at radius 3 is 2.54 bits per heavy atom. The zero-order valence-electron chi connectivity index (χ0n) is 15.8. The number of carbonyl (C=O) groups is 3. The van der Waals surface area contributed by atoms with Crippen LogP contribution in [0.3, 0.4) is 0 Å². The van der Waals surface area contributed by atoms with Gasteiger partial charge in [-0.2, -0.15) is 5.10 Å². The smallest absolute Gasteiger partial charge is 0.267 e. The molecule has 1 aliphatic rings. The van der Waals surface area contributed by atoms with Crippen molar-refractivity contribution >= 4 is 29.1 Å². The molecule has 1 heterocycles. The molecule has 0 aromatic heterocycles. The molecule has 2 rings (SSSR count). The highest BCUT2D eigenvalue weighted by molar-refractivity contribution is 6.40. The number of hydrogen-bond acceptors (Lipinski definition) is 4. The summed E-state index contributed by atoms with van der Waals surface area (Å²) in [5.41, 5.74) is 2.96. The molecule has 1 aromatic rings. The number of hydrazone groups is 1. The van der Waals surface area contributed by atoms with E-state index in [4.69, 9.17) is 0 Å². The topological polar surface area (TPSA) is 90.9 Å². The van der Waals surface area contributed by atoms with Gasteiger partial charge in [-0.05, 0) is 31.0 Å². The van der Waals surface area contributed by atoms with Gasteiger partial charge in [-0.3, -0.25) is 14.4 Å². The number of nitrogens with zero attached hydrogens (tertiary/aromatic N) is 2. The van der Waals surface area contributed by atoms with Crippen molar-refractivity contribution in [3.05, 3.63) is 29.3 Å². The predicted octanol–water partition coefficient (Wildman–Crippen LogP) is 1.67. The highest BCUT2D eigenvalue weighted by Crippen LogP contribution is 2.25. The van der Waals surface area contributed by atoms with Gasteiger partial charge in [-0.1, -0.05) is 26.0 Å². The second-order valence-corrected chi connectivity index (χ2v) is 6.74. The summed E-state index contributed by atoms with van der Waals surface area (Å²) in [5.74, 6) is -0.586. The van der Waals surface area contributed by atoms with E-state index in [1.54, 1.807) is 0 Å². The zero-order chi connectivity index (χ0) is 19.3. The molecule has 0 fully saturated rings. The number of rotatable bonds is 6. The molecule has 26 heavy (non-hydrogen) atoms. The van der Waals surface area contributed by atoms with E-state index in [0.29, 0.717) is 30.9 Å². The van der Waals surface area contributed by atoms with Gasteiger partial charge in [0.25, 0.3) is 5.91 Å². The normalized spacial score (nSPS) is 14.3. The molecule has 1 aliphatic heterocycles. The first kappa shape index (κ1) is 19.6. The first-order valence-corrected chi connectivity index (χ1v) is 8.83.